The molecule has 0 aromatic carbocycles. The molecule has 1 aliphatic carbocycles. The first-order chi connectivity index (χ1) is 14.7. The molecule has 2 rings (SSSR count). The molecular formula is C21H35N3O6. The zero-order valence-electron chi connectivity index (χ0n) is 17.7. The maximum Gasteiger partial charge on any atom is 0.251 e. The van der Waals surface area contributed by atoms with Crippen molar-refractivity contribution in [1.29, 1.82) is 0 Å². The van der Waals surface area contributed by atoms with Crippen LogP contribution in [0.5, 0.6) is 0 Å². The number of hydrogen-bond acceptors (Lipinski definition) is 7. The molecule has 0 aromatic heterocycles. The number of carbonyl (C=O) groups excluding carboxylic acids is 2. The molecule has 0 radical (unpaired) electrons. The van der Waals surface area contributed by atoms with Gasteiger partial charge in [0.05, 0.1) is 52.9 Å². The summed E-state index contributed by atoms with van der Waals surface area (Å²) in [6.07, 6.45) is 7.09. The Bertz CT molecular complexity index is 587. The first kappa shape index (κ1) is 24.5. The molecule has 0 bridgehead atoms. The standard InChI is InChI=1S/C21H35N3O6/c22-7-11-28-13-15-30-17-16-29-14-12-27-10-6-20(25)23-8-9-24-19(4-5-21(24)26)18-2-1-3-18/h4-5H,1-3,6-17,22H2,(H,23,25). The van der Waals surface area contributed by atoms with Crippen molar-refractivity contribution >= 4 is 11.8 Å². The van der Waals surface area contributed by atoms with E-state index in [9.17, 15) is 9.59 Å². The zero-order valence-corrected chi connectivity index (χ0v) is 17.7. The summed E-state index contributed by atoms with van der Waals surface area (Å²) in [4.78, 5) is 25.6. The maximum absolute atomic E-state index is 12.0. The highest BCUT2D eigenvalue weighted by molar-refractivity contribution is 5.93. The predicted octanol–water partition coefficient (Wildman–Crippen LogP) is 0.354. The maximum atomic E-state index is 12.0. The Labute approximate surface area is 178 Å². The van der Waals surface area contributed by atoms with Crippen LogP contribution in [-0.4, -0.2) is 89.2 Å². The van der Waals surface area contributed by atoms with E-state index in [0.717, 1.165) is 18.5 Å². The third kappa shape index (κ3) is 9.36. The fraction of sp³-hybridized carbons (Fsp3) is 0.714. The molecule has 1 saturated carbocycles. The average Bonchev–Trinajstić information content (AvgIpc) is 3.04. The Morgan fingerprint density at radius 2 is 1.53 bits per heavy atom. The molecule has 0 aromatic rings. The van der Waals surface area contributed by atoms with Crippen molar-refractivity contribution < 1.29 is 28.5 Å². The van der Waals surface area contributed by atoms with Crippen LogP contribution >= 0.6 is 0 Å². The van der Waals surface area contributed by atoms with Crippen LogP contribution < -0.4 is 11.1 Å². The second-order valence-electron chi connectivity index (χ2n) is 7.00. The number of hydrogen-bond donors (Lipinski definition) is 2. The van der Waals surface area contributed by atoms with E-state index in [1.54, 1.807) is 11.0 Å². The SMILES string of the molecule is NCCOCCOCCOCCOCCC(=O)NCCN1C(=O)C=CC1=C1CCC1. The van der Waals surface area contributed by atoms with E-state index in [4.69, 9.17) is 24.7 Å². The van der Waals surface area contributed by atoms with E-state index in [-0.39, 0.29) is 18.2 Å². The van der Waals surface area contributed by atoms with Crippen molar-refractivity contribution in [2.24, 2.45) is 5.73 Å². The van der Waals surface area contributed by atoms with E-state index >= 15 is 0 Å². The Balaban J connectivity index is 1.38. The third-order valence-electron chi connectivity index (χ3n) is 4.77. The molecule has 2 aliphatic rings. The molecule has 9 heteroatoms. The van der Waals surface area contributed by atoms with Crippen LogP contribution in [0, 0.1) is 0 Å². The number of rotatable bonds is 17. The Hall–Kier alpha value is -1.78. The van der Waals surface area contributed by atoms with Gasteiger partial charge >= 0.3 is 0 Å². The molecule has 0 spiro atoms. The fourth-order valence-corrected chi connectivity index (χ4v) is 3.00. The van der Waals surface area contributed by atoms with Crippen LogP contribution in [0.3, 0.4) is 0 Å². The Morgan fingerprint density at radius 3 is 2.10 bits per heavy atom. The van der Waals surface area contributed by atoms with Gasteiger partial charge in [0, 0.05) is 37.8 Å². The van der Waals surface area contributed by atoms with Crippen LogP contribution in [-0.2, 0) is 28.5 Å². The summed E-state index contributed by atoms with van der Waals surface area (Å²) in [7, 11) is 0. The normalized spacial score (nSPS) is 15.8. The molecule has 170 valence electrons. The van der Waals surface area contributed by atoms with Gasteiger partial charge in [0.25, 0.3) is 5.91 Å². The van der Waals surface area contributed by atoms with E-state index < -0.39 is 0 Å². The average molecular weight is 426 g/mol. The number of carbonyl (C=O) groups is 2. The minimum Gasteiger partial charge on any atom is -0.379 e. The number of allylic oxidation sites excluding steroid dienone is 2. The Morgan fingerprint density at radius 1 is 0.933 bits per heavy atom. The molecule has 30 heavy (non-hydrogen) atoms. The van der Waals surface area contributed by atoms with Gasteiger partial charge in [-0.25, -0.2) is 0 Å². The van der Waals surface area contributed by atoms with Gasteiger partial charge in [-0.2, -0.15) is 0 Å². The zero-order chi connectivity index (χ0) is 21.4. The van der Waals surface area contributed by atoms with E-state index in [0.29, 0.717) is 72.5 Å². The first-order valence-corrected chi connectivity index (χ1v) is 10.7. The lowest BCUT2D eigenvalue weighted by Crippen LogP contribution is -2.36. The van der Waals surface area contributed by atoms with Crippen LogP contribution in [0.1, 0.15) is 25.7 Å². The van der Waals surface area contributed by atoms with Crippen molar-refractivity contribution in [3.05, 3.63) is 23.4 Å². The van der Waals surface area contributed by atoms with Gasteiger partial charge in [-0.3, -0.25) is 9.59 Å². The predicted molar refractivity (Wildman–Crippen MR) is 112 cm³/mol. The number of nitrogens with two attached hydrogens (primary N) is 1. The molecule has 9 nitrogen and oxygen atoms in total. The van der Waals surface area contributed by atoms with Gasteiger partial charge in [0.2, 0.25) is 5.91 Å². The highest BCUT2D eigenvalue weighted by Crippen LogP contribution is 2.32. The van der Waals surface area contributed by atoms with Crippen LogP contribution in [0.2, 0.25) is 0 Å². The third-order valence-corrected chi connectivity index (χ3v) is 4.77. The number of ether oxygens (including phenoxy) is 4. The summed E-state index contributed by atoms with van der Waals surface area (Å²) >= 11 is 0. The highest BCUT2D eigenvalue weighted by atomic mass is 16.6. The smallest absolute Gasteiger partial charge is 0.251 e. The largest absolute Gasteiger partial charge is 0.379 e. The topological polar surface area (TPSA) is 112 Å². The van der Waals surface area contributed by atoms with Crippen LogP contribution in [0.4, 0.5) is 0 Å². The molecule has 0 saturated heterocycles. The van der Waals surface area contributed by atoms with Crippen molar-refractivity contribution in [3.8, 4) is 0 Å². The summed E-state index contributed by atoms with van der Waals surface area (Å²) in [5.74, 6) is -0.0917. The monoisotopic (exact) mass is 425 g/mol. The van der Waals surface area contributed by atoms with E-state index in [1.165, 1.54) is 12.0 Å². The van der Waals surface area contributed by atoms with Crippen molar-refractivity contribution in [2.75, 3.05) is 72.5 Å². The van der Waals surface area contributed by atoms with Gasteiger partial charge in [0.1, 0.15) is 0 Å². The molecule has 2 amide bonds. The highest BCUT2D eigenvalue weighted by Gasteiger charge is 2.25. The molecule has 1 fully saturated rings. The van der Waals surface area contributed by atoms with Crippen molar-refractivity contribution in [1.82, 2.24) is 10.2 Å². The van der Waals surface area contributed by atoms with Gasteiger partial charge < -0.3 is 34.9 Å². The van der Waals surface area contributed by atoms with Crippen molar-refractivity contribution in [3.63, 3.8) is 0 Å². The molecule has 1 aliphatic heterocycles. The van der Waals surface area contributed by atoms with E-state index in [2.05, 4.69) is 5.32 Å². The summed E-state index contributed by atoms with van der Waals surface area (Å²) < 4.78 is 21.3. The van der Waals surface area contributed by atoms with Crippen molar-refractivity contribution in [2.45, 2.75) is 25.7 Å². The van der Waals surface area contributed by atoms with E-state index in [1.807, 2.05) is 6.08 Å². The summed E-state index contributed by atoms with van der Waals surface area (Å²) in [6, 6.07) is 0. The Kier molecular flexibility index (Phi) is 12.3. The molecule has 1 heterocycles. The molecule has 3 N–H and O–H groups in total. The lowest BCUT2D eigenvalue weighted by Gasteiger charge is -2.26. The van der Waals surface area contributed by atoms with Gasteiger partial charge in [-0.15, -0.1) is 0 Å². The van der Waals surface area contributed by atoms with Gasteiger partial charge in [-0.1, -0.05) is 0 Å². The minimum absolute atomic E-state index is 0.00712. The van der Waals surface area contributed by atoms with Gasteiger partial charge in [-0.05, 0) is 30.9 Å². The lowest BCUT2D eigenvalue weighted by molar-refractivity contribution is -0.125. The van der Waals surface area contributed by atoms with Crippen LogP contribution in [0.25, 0.3) is 0 Å². The van der Waals surface area contributed by atoms with Gasteiger partial charge in [0.15, 0.2) is 0 Å². The molecular weight excluding hydrogens is 390 g/mol. The summed E-state index contributed by atoms with van der Waals surface area (Å²) in [5.41, 5.74) is 7.67. The second-order valence-corrected chi connectivity index (χ2v) is 7.00. The summed E-state index contributed by atoms with van der Waals surface area (Å²) in [5, 5.41) is 2.84. The number of amides is 2. The number of nitrogens with one attached hydrogen (secondary N) is 1. The first-order valence-electron chi connectivity index (χ1n) is 10.7. The van der Waals surface area contributed by atoms with Crippen LogP contribution in [0.15, 0.2) is 23.4 Å². The minimum atomic E-state index is -0.0846. The molecule has 0 unspecified atom stereocenters. The quantitative estimate of drug-likeness (QED) is 0.324. The summed E-state index contributed by atoms with van der Waals surface area (Å²) in [6.45, 7) is 5.26. The second kappa shape index (κ2) is 15.1. The fourth-order valence-electron chi connectivity index (χ4n) is 3.00. The number of nitrogens with zero attached hydrogens (tertiary/aromatic N) is 1. The lowest BCUT2D eigenvalue weighted by atomic mass is 9.90. The molecule has 0 atom stereocenters.